The third-order valence-electron chi connectivity index (χ3n) is 5.71. The molecular weight excluding hydrogens is 330 g/mol. The molecule has 7 heteroatoms. The predicted molar refractivity (Wildman–Crippen MR) is 96.2 cm³/mol. The molecule has 0 spiro atoms. The number of aromatic amines is 1. The lowest BCUT2D eigenvalue weighted by atomic mass is 9.71. The summed E-state index contributed by atoms with van der Waals surface area (Å²) in [6, 6.07) is 6.24. The number of hydrogen-bond donors (Lipinski definition) is 1. The summed E-state index contributed by atoms with van der Waals surface area (Å²) in [5.41, 5.74) is 1.67. The maximum atomic E-state index is 12.6. The second-order valence-electron chi connectivity index (χ2n) is 7.17. The van der Waals surface area contributed by atoms with Crippen molar-refractivity contribution in [1.29, 1.82) is 0 Å². The maximum absolute atomic E-state index is 12.6. The molecule has 3 aromatic rings. The molecule has 0 aromatic carbocycles. The van der Waals surface area contributed by atoms with E-state index >= 15 is 0 Å². The average Bonchev–Trinajstić information content (AvgIpc) is 3.07. The van der Waals surface area contributed by atoms with Gasteiger partial charge in [-0.05, 0) is 37.8 Å². The summed E-state index contributed by atoms with van der Waals surface area (Å²) in [6.07, 6.45) is 7.35. The lowest BCUT2D eigenvalue weighted by Crippen LogP contribution is -2.27. The van der Waals surface area contributed by atoms with Gasteiger partial charge in [0.15, 0.2) is 5.65 Å². The number of H-pyrrole nitrogens is 1. The minimum atomic E-state index is -0.102. The first-order chi connectivity index (χ1) is 12.8. The fraction of sp³-hybridized carbons (Fsp3) is 0.474. The van der Waals surface area contributed by atoms with Gasteiger partial charge in [0.2, 0.25) is 0 Å². The summed E-state index contributed by atoms with van der Waals surface area (Å²) in [5.74, 6) is 1.29. The van der Waals surface area contributed by atoms with Gasteiger partial charge in [-0.2, -0.15) is 5.10 Å². The number of nitrogens with zero attached hydrogens (tertiary/aromatic N) is 4. The van der Waals surface area contributed by atoms with Crippen molar-refractivity contribution in [2.75, 3.05) is 13.2 Å². The normalized spacial score (nSPS) is 23.8. The van der Waals surface area contributed by atoms with E-state index in [0.717, 1.165) is 50.4 Å². The Morgan fingerprint density at radius 1 is 1.12 bits per heavy atom. The molecule has 2 fully saturated rings. The van der Waals surface area contributed by atoms with Crippen molar-refractivity contribution in [3.63, 3.8) is 0 Å². The molecule has 7 nitrogen and oxygen atoms in total. The fourth-order valence-electron chi connectivity index (χ4n) is 4.10. The molecule has 2 atom stereocenters. The number of fused-ring (bicyclic) bond motifs is 1. The maximum Gasteiger partial charge on any atom is 0.262 e. The zero-order chi connectivity index (χ0) is 17.5. The van der Waals surface area contributed by atoms with Crippen LogP contribution in [0.4, 0.5) is 0 Å². The molecule has 3 aromatic heterocycles. The third kappa shape index (κ3) is 2.54. The molecular formula is C19H21N5O2. The zero-order valence-corrected chi connectivity index (χ0v) is 14.5. The van der Waals surface area contributed by atoms with Crippen LogP contribution in [0.25, 0.3) is 11.0 Å². The molecule has 0 radical (unpaired) electrons. The molecule has 26 heavy (non-hydrogen) atoms. The zero-order valence-electron chi connectivity index (χ0n) is 14.5. The number of hydrogen-bond acceptors (Lipinski definition) is 5. The van der Waals surface area contributed by atoms with E-state index in [1.54, 1.807) is 6.20 Å². The number of aromatic nitrogens is 5. The first kappa shape index (κ1) is 15.7. The Hall–Kier alpha value is -2.54. The molecule has 1 saturated carbocycles. The van der Waals surface area contributed by atoms with Crippen LogP contribution in [0.3, 0.4) is 0 Å². The van der Waals surface area contributed by atoms with Crippen molar-refractivity contribution in [1.82, 2.24) is 24.7 Å². The van der Waals surface area contributed by atoms with Gasteiger partial charge in [0.1, 0.15) is 11.2 Å². The minimum Gasteiger partial charge on any atom is -0.381 e. The van der Waals surface area contributed by atoms with E-state index in [2.05, 4.69) is 21.1 Å². The third-order valence-corrected chi connectivity index (χ3v) is 5.71. The predicted octanol–water partition coefficient (Wildman–Crippen LogP) is 2.53. The Bertz CT molecular complexity index is 975. The average molecular weight is 351 g/mol. The molecule has 0 amide bonds. The van der Waals surface area contributed by atoms with Crippen molar-refractivity contribution in [3.8, 4) is 0 Å². The lowest BCUT2D eigenvalue weighted by molar-refractivity contribution is 0.0673. The summed E-state index contributed by atoms with van der Waals surface area (Å²) in [4.78, 5) is 24.9. The highest BCUT2D eigenvalue weighted by Gasteiger charge is 2.36. The molecule has 4 heterocycles. The van der Waals surface area contributed by atoms with E-state index in [9.17, 15) is 4.79 Å². The van der Waals surface area contributed by atoms with E-state index in [1.165, 1.54) is 0 Å². The summed E-state index contributed by atoms with van der Waals surface area (Å²) in [5, 5.41) is 5.03. The Balaban J connectivity index is 1.53. The molecule has 5 rings (SSSR count). The van der Waals surface area contributed by atoms with Crippen molar-refractivity contribution < 1.29 is 4.74 Å². The summed E-state index contributed by atoms with van der Waals surface area (Å²) in [6.45, 7) is 1.46. The monoisotopic (exact) mass is 351 g/mol. The SMILES string of the molecule is O=c1[nH]c([C@H]2CCC2c2ccccn2)nc2c1cnn2C1CCOCC1. The second kappa shape index (κ2) is 6.32. The molecule has 0 bridgehead atoms. The number of ether oxygens (including phenoxy) is 1. The lowest BCUT2D eigenvalue weighted by Gasteiger charge is -2.35. The Labute approximate surface area is 150 Å². The summed E-state index contributed by atoms with van der Waals surface area (Å²) in [7, 11) is 0. The fourth-order valence-corrected chi connectivity index (χ4v) is 4.10. The summed E-state index contributed by atoms with van der Waals surface area (Å²) < 4.78 is 7.37. The standard InChI is InChI=1S/C19H21N5O2/c25-19-15-11-21-24(12-6-9-26-10-7-12)18(15)22-17(23-19)14-5-4-13(14)16-3-1-2-8-20-16/h1-3,8,11-14H,4-7,9-10H2,(H,22,23,25)/t13?,14-/m0/s1. The molecule has 134 valence electrons. The largest absolute Gasteiger partial charge is 0.381 e. The van der Waals surface area contributed by atoms with Crippen molar-refractivity contribution in [3.05, 3.63) is 52.5 Å². The van der Waals surface area contributed by atoms with Gasteiger partial charge >= 0.3 is 0 Å². The number of pyridine rings is 1. The Kier molecular flexibility index (Phi) is 3.81. The van der Waals surface area contributed by atoms with Crippen LogP contribution in [0, 0.1) is 0 Å². The number of rotatable bonds is 3. The van der Waals surface area contributed by atoms with Crippen LogP contribution in [0.15, 0.2) is 35.4 Å². The van der Waals surface area contributed by atoms with E-state index in [1.807, 2.05) is 23.0 Å². The van der Waals surface area contributed by atoms with Gasteiger partial charge < -0.3 is 9.72 Å². The highest BCUT2D eigenvalue weighted by atomic mass is 16.5. The first-order valence-corrected chi connectivity index (χ1v) is 9.27. The second-order valence-corrected chi connectivity index (χ2v) is 7.17. The van der Waals surface area contributed by atoms with Gasteiger partial charge in [-0.15, -0.1) is 0 Å². The van der Waals surface area contributed by atoms with Gasteiger partial charge in [-0.1, -0.05) is 6.07 Å². The van der Waals surface area contributed by atoms with Crippen LogP contribution in [0.1, 0.15) is 55.1 Å². The van der Waals surface area contributed by atoms with Crippen LogP contribution in [-0.4, -0.2) is 37.9 Å². The van der Waals surface area contributed by atoms with Crippen LogP contribution < -0.4 is 5.56 Å². The highest BCUT2D eigenvalue weighted by molar-refractivity contribution is 5.73. The van der Waals surface area contributed by atoms with E-state index in [-0.39, 0.29) is 17.5 Å². The molecule has 1 saturated heterocycles. The van der Waals surface area contributed by atoms with Crippen molar-refractivity contribution in [2.24, 2.45) is 0 Å². The van der Waals surface area contributed by atoms with E-state index in [4.69, 9.17) is 9.72 Å². The topological polar surface area (TPSA) is 85.7 Å². The smallest absolute Gasteiger partial charge is 0.262 e. The minimum absolute atomic E-state index is 0.102. The summed E-state index contributed by atoms with van der Waals surface area (Å²) >= 11 is 0. The first-order valence-electron chi connectivity index (χ1n) is 9.27. The molecule has 1 unspecified atom stereocenters. The molecule has 1 N–H and O–H groups in total. The van der Waals surface area contributed by atoms with Crippen LogP contribution in [-0.2, 0) is 4.74 Å². The van der Waals surface area contributed by atoms with Gasteiger partial charge in [0.05, 0.1) is 12.2 Å². The Morgan fingerprint density at radius 2 is 1.96 bits per heavy atom. The van der Waals surface area contributed by atoms with E-state index < -0.39 is 0 Å². The van der Waals surface area contributed by atoms with Crippen molar-refractivity contribution in [2.45, 2.75) is 43.6 Å². The van der Waals surface area contributed by atoms with Crippen molar-refractivity contribution >= 4 is 11.0 Å². The van der Waals surface area contributed by atoms with E-state index in [0.29, 0.717) is 17.0 Å². The van der Waals surface area contributed by atoms with Crippen LogP contribution in [0.5, 0.6) is 0 Å². The van der Waals surface area contributed by atoms with Gasteiger partial charge in [0, 0.05) is 36.9 Å². The molecule has 2 aliphatic rings. The molecule has 1 aliphatic carbocycles. The van der Waals surface area contributed by atoms with Crippen LogP contribution in [0.2, 0.25) is 0 Å². The highest BCUT2D eigenvalue weighted by Crippen LogP contribution is 2.47. The molecule has 1 aliphatic heterocycles. The van der Waals surface area contributed by atoms with Gasteiger partial charge in [-0.3, -0.25) is 9.78 Å². The van der Waals surface area contributed by atoms with Gasteiger partial charge in [-0.25, -0.2) is 9.67 Å². The number of nitrogens with one attached hydrogen (secondary N) is 1. The quantitative estimate of drug-likeness (QED) is 0.784. The van der Waals surface area contributed by atoms with Gasteiger partial charge in [0.25, 0.3) is 5.56 Å². The Morgan fingerprint density at radius 3 is 2.69 bits per heavy atom. The van der Waals surface area contributed by atoms with Crippen LogP contribution >= 0.6 is 0 Å².